The first-order valence-electron chi connectivity index (χ1n) is 6.40. The zero-order valence-electron chi connectivity index (χ0n) is 11.3. The van der Waals surface area contributed by atoms with E-state index in [9.17, 15) is 0 Å². The molecule has 0 aliphatic heterocycles. The standard InChI is InChI=1S/C13H21N5/c1-4-10(2)17(3)8-9-18-12-11(16-13(18)14)6-5-7-15-12/h5-7,10H,4,8-9H2,1-3H3,(H2,14,16). The minimum Gasteiger partial charge on any atom is -0.369 e. The van der Waals surface area contributed by atoms with Crippen molar-refractivity contribution in [1.82, 2.24) is 19.4 Å². The summed E-state index contributed by atoms with van der Waals surface area (Å²) in [6.07, 6.45) is 2.92. The molecule has 2 rings (SSSR count). The van der Waals surface area contributed by atoms with Crippen LogP contribution in [0.4, 0.5) is 5.95 Å². The average molecular weight is 247 g/mol. The van der Waals surface area contributed by atoms with Gasteiger partial charge in [-0.05, 0) is 32.5 Å². The monoisotopic (exact) mass is 247 g/mol. The first-order valence-corrected chi connectivity index (χ1v) is 6.40. The van der Waals surface area contributed by atoms with Crippen molar-refractivity contribution in [3.8, 4) is 0 Å². The van der Waals surface area contributed by atoms with Gasteiger partial charge in [0.2, 0.25) is 5.95 Å². The number of imidazole rings is 1. The molecule has 0 aliphatic carbocycles. The number of likely N-dealkylation sites (N-methyl/N-ethyl adjacent to an activating group) is 1. The molecule has 0 bridgehead atoms. The molecule has 1 atom stereocenters. The number of fused-ring (bicyclic) bond motifs is 1. The summed E-state index contributed by atoms with van der Waals surface area (Å²) in [5, 5.41) is 0. The van der Waals surface area contributed by atoms with Gasteiger partial charge < -0.3 is 10.6 Å². The van der Waals surface area contributed by atoms with Crippen molar-refractivity contribution in [3.05, 3.63) is 18.3 Å². The topological polar surface area (TPSA) is 60.0 Å². The number of anilines is 1. The number of hydrogen-bond acceptors (Lipinski definition) is 4. The van der Waals surface area contributed by atoms with E-state index < -0.39 is 0 Å². The van der Waals surface area contributed by atoms with Crippen LogP contribution in [0.2, 0.25) is 0 Å². The number of aromatic nitrogens is 3. The lowest BCUT2D eigenvalue weighted by Crippen LogP contribution is -2.31. The molecular formula is C13H21N5. The third kappa shape index (κ3) is 2.46. The quantitative estimate of drug-likeness (QED) is 0.874. The van der Waals surface area contributed by atoms with Crippen molar-refractivity contribution in [1.29, 1.82) is 0 Å². The van der Waals surface area contributed by atoms with Crippen LogP contribution in [0.1, 0.15) is 20.3 Å². The van der Waals surface area contributed by atoms with Gasteiger partial charge in [0.15, 0.2) is 5.65 Å². The highest BCUT2D eigenvalue weighted by atomic mass is 15.2. The number of hydrogen-bond donors (Lipinski definition) is 1. The van der Waals surface area contributed by atoms with Crippen molar-refractivity contribution in [2.24, 2.45) is 0 Å². The van der Waals surface area contributed by atoms with Gasteiger partial charge in [0, 0.05) is 25.3 Å². The molecule has 0 saturated carbocycles. The van der Waals surface area contributed by atoms with Crippen LogP contribution in [0.15, 0.2) is 18.3 Å². The zero-order valence-corrected chi connectivity index (χ0v) is 11.3. The van der Waals surface area contributed by atoms with Gasteiger partial charge in [0.25, 0.3) is 0 Å². The van der Waals surface area contributed by atoms with Crippen LogP contribution < -0.4 is 5.73 Å². The van der Waals surface area contributed by atoms with Crippen LogP contribution in [-0.2, 0) is 6.54 Å². The van der Waals surface area contributed by atoms with Gasteiger partial charge in [-0.2, -0.15) is 0 Å². The van der Waals surface area contributed by atoms with Crippen molar-refractivity contribution in [2.75, 3.05) is 19.3 Å². The van der Waals surface area contributed by atoms with Crippen molar-refractivity contribution >= 4 is 17.1 Å². The van der Waals surface area contributed by atoms with E-state index in [1.54, 1.807) is 6.20 Å². The summed E-state index contributed by atoms with van der Waals surface area (Å²) < 4.78 is 1.98. The highest BCUT2D eigenvalue weighted by molar-refractivity contribution is 5.73. The average Bonchev–Trinajstić information content (AvgIpc) is 2.70. The first kappa shape index (κ1) is 12.8. The third-order valence-corrected chi connectivity index (χ3v) is 3.55. The minimum atomic E-state index is 0.543. The van der Waals surface area contributed by atoms with E-state index in [4.69, 9.17) is 5.73 Å². The molecule has 98 valence electrons. The lowest BCUT2D eigenvalue weighted by atomic mass is 10.2. The Morgan fingerprint density at radius 3 is 3.00 bits per heavy atom. The van der Waals surface area contributed by atoms with Gasteiger partial charge in [0.05, 0.1) is 0 Å². The van der Waals surface area contributed by atoms with E-state index in [0.29, 0.717) is 12.0 Å². The normalized spacial score (nSPS) is 13.3. The summed E-state index contributed by atoms with van der Waals surface area (Å²) in [5.74, 6) is 0.543. The maximum atomic E-state index is 5.94. The van der Waals surface area contributed by atoms with E-state index >= 15 is 0 Å². The van der Waals surface area contributed by atoms with Crippen molar-refractivity contribution in [3.63, 3.8) is 0 Å². The Morgan fingerprint density at radius 2 is 2.28 bits per heavy atom. The Morgan fingerprint density at radius 1 is 1.50 bits per heavy atom. The highest BCUT2D eigenvalue weighted by Crippen LogP contribution is 2.15. The van der Waals surface area contributed by atoms with Gasteiger partial charge in [-0.3, -0.25) is 4.57 Å². The fraction of sp³-hybridized carbons (Fsp3) is 0.538. The van der Waals surface area contributed by atoms with Crippen LogP contribution in [0.3, 0.4) is 0 Å². The minimum absolute atomic E-state index is 0.543. The molecule has 0 spiro atoms. The van der Waals surface area contributed by atoms with Crippen LogP contribution in [0.5, 0.6) is 0 Å². The third-order valence-electron chi connectivity index (χ3n) is 3.55. The molecule has 0 aliphatic rings. The summed E-state index contributed by atoms with van der Waals surface area (Å²) in [7, 11) is 2.14. The van der Waals surface area contributed by atoms with Crippen molar-refractivity contribution in [2.45, 2.75) is 32.9 Å². The maximum Gasteiger partial charge on any atom is 0.202 e. The van der Waals surface area contributed by atoms with E-state index in [2.05, 4.69) is 35.8 Å². The van der Waals surface area contributed by atoms with Crippen LogP contribution >= 0.6 is 0 Å². The summed E-state index contributed by atoms with van der Waals surface area (Å²) >= 11 is 0. The Kier molecular flexibility index (Phi) is 3.81. The molecule has 2 heterocycles. The van der Waals surface area contributed by atoms with Crippen molar-refractivity contribution < 1.29 is 0 Å². The molecule has 2 aromatic heterocycles. The molecule has 5 nitrogen and oxygen atoms in total. The molecule has 0 saturated heterocycles. The van der Waals surface area contributed by atoms with E-state index in [-0.39, 0.29) is 0 Å². The number of rotatable bonds is 5. The summed E-state index contributed by atoms with van der Waals surface area (Å²) in [5.41, 5.74) is 7.67. The van der Waals surface area contributed by atoms with E-state index in [1.165, 1.54) is 0 Å². The molecule has 1 unspecified atom stereocenters. The lowest BCUT2D eigenvalue weighted by molar-refractivity contribution is 0.244. The molecule has 5 heteroatoms. The number of pyridine rings is 1. The second-order valence-corrected chi connectivity index (χ2v) is 4.71. The summed E-state index contributed by atoms with van der Waals surface area (Å²) in [4.78, 5) is 11.0. The molecule has 0 amide bonds. The predicted molar refractivity (Wildman–Crippen MR) is 74.3 cm³/mol. The largest absolute Gasteiger partial charge is 0.369 e. The second kappa shape index (κ2) is 5.35. The van der Waals surface area contributed by atoms with Gasteiger partial charge in [-0.1, -0.05) is 6.92 Å². The SMILES string of the molecule is CCC(C)N(C)CCn1c(N)nc2cccnc21. The Labute approximate surface area is 108 Å². The lowest BCUT2D eigenvalue weighted by Gasteiger charge is -2.23. The molecule has 0 fully saturated rings. The van der Waals surface area contributed by atoms with Crippen LogP contribution in [-0.4, -0.2) is 39.1 Å². The smallest absolute Gasteiger partial charge is 0.202 e. The van der Waals surface area contributed by atoms with Gasteiger partial charge in [-0.25, -0.2) is 9.97 Å². The molecule has 2 N–H and O–H groups in total. The van der Waals surface area contributed by atoms with Gasteiger partial charge in [-0.15, -0.1) is 0 Å². The number of nitrogens with zero attached hydrogens (tertiary/aromatic N) is 4. The summed E-state index contributed by atoms with van der Waals surface area (Å²) in [6.45, 7) is 6.19. The Bertz CT molecular complexity index is 519. The first-order chi connectivity index (χ1) is 8.63. The molecular weight excluding hydrogens is 226 g/mol. The van der Waals surface area contributed by atoms with E-state index in [0.717, 1.165) is 30.7 Å². The molecule has 2 aromatic rings. The van der Waals surface area contributed by atoms with Crippen LogP contribution in [0.25, 0.3) is 11.2 Å². The summed E-state index contributed by atoms with van der Waals surface area (Å²) in [6, 6.07) is 4.40. The van der Waals surface area contributed by atoms with Gasteiger partial charge in [0.1, 0.15) is 5.52 Å². The Hall–Kier alpha value is -1.62. The maximum absolute atomic E-state index is 5.94. The van der Waals surface area contributed by atoms with Gasteiger partial charge >= 0.3 is 0 Å². The number of nitrogen functional groups attached to an aromatic ring is 1. The van der Waals surface area contributed by atoms with E-state index in [1.807, 2.05) is 16.7 Å². The molecule has 0 aromatic carbocycles. The fourth-order valence-corrected chi connectivity index (χ4v) is 1.99. The zero-order chi connectivity index (χ0) is 13.1. The highest BCUT2D eigenvalue weighted by Gasteiger charge is 2.11. The Balaban J connectivity index is 2.14. The fourth-order valence-electron chi connectivity index (χ4n) is 1.99. The molecule has 0 radical (unpaired) electrons. The second-order valence-electron chi connectivity index (χ2n) is 4.71. The molecule has 18 heavy (non-hydrogen) atoms. The predicted octanol–water partition coefficient (Wildman–Crippen LogP) is 1.74. The number of nitrogens with two attached hydrogens (primary N) is 1. The van der Waals surface area contributed by atoms with Crippen LogP contribution in [0, 0.1) is 0 Å².